The highest BCUT2D eigenvalue weighted by atomic mass is 16.3. The monoisotopic (exact) mass is 131 g/mol. The number of aliphatic hydroxyl groups excluding tert-OH is 1. The summed E-state index contributed by atoms with van der Waals surface area (Å²) in [6.07, 6.45) is 2.15. The van der Waals surface area contributed by atoms with Crippen LogP contribution in [0.3, 0.4) is 0 Å². The lowest BCUT2D eigenvalue weighted by atomic mass is 10.2. The third-order valence-electron chi connectivity index (χ3n) is 1.40. The lowest BCUT2D eigenvalue weighted by Gasteiger charge is -2.11. The molecule has 2 N–H and O–H groups in total. The number of aliphatic hydroxyl groups is 1. The van der Waals surface area contributed by atoms with Crippen LogP contribution < -0.4 is 5.32 Å². The summed E-state index contributed by atoms with van der Waals surface area (Å²) >= 11 is 0. The Morgan fingerprint density at radius 1 is 1.44 bits per heavy atom. The summed E-state index contributed by atoms with van der Waals surface area (Å²) in [6.45, 7) is 5.47. The van der Waals surface area contributed by atoms with Gasteiger partial charge in [0.1, 0.15) is 0 Å². The molecule has 0 bridgehead atoms. The highest BCUT2D eigenvalue weighted by molar-refractivity contribution is 4.60. The van der Waals surface area contributed by atoms with Gasteiger partial charge in [0.15, 0.2) is 0 Å². The van der Waals surface area contributed by atoms with E-state index in [1.54, 1.807) is 0 Å². The molecule has 9 heavy (non-hydrogen) atoms. The Balaban J connectivity index is 3.09. The first-order valence-electron chi connectivity index (χ1n) is 3.69. The van der Waals surface area contributed by atoms with Crippen molar-refractivity contribution in [2.45, 2.75) is 32.7 Å². The van der Waals surface area contributed by atoms with E-state index in [0.717, 1.165) is 19.4 Å². The molecule has 0 saturated carbocycles. The van der Waals surface area contributed by atoms with Crippen LogP contribution in [0.25, 0.3) is 0 Å². The Hall–Kier alpha value is -0.0800. The molecular weight excluding hydrogens is 114 g/mol. The van der Waals surface area contributed by atoms with E-state index >= 15 is 0 Å². The van der Waals surface area contributed by atoms with Crippen molar-refractivity contribution in [1.82, 2.24) is 5.32 Å². The maximum Gasteiger partial charge on any atom is 0.0584 e. The van der Waals surface area contributed by atoms with Crippen LogP contribution in [0, 0.1) is 0 Å². The van der Waals surface area contributed by atoms with Gasteiger partial charge in [-0.3, -0.25) is 0 Å². The van der Waals surface area contributed by atoms with Crippen molar-refractivity contribution >= 4 is 0 Å². The van der Waals surface area contributed by atoms with Gasteiger partial charge in [0.25, 0.3) is 0 Å². The molecule has 0 aliphatic rings. The zero-order valence-electron chi connectivity index (χ0n) is 6.35. The molecule has 2 heteroatoms. The minimum absolute atomic E-state index is 0.260. The molecule has 0 rings (SSSR count). The summed E-state index contributed by atoms with van der Waals surface area (Å²) < 4.78 is 0. The normalized spacial score (nSPS) is 13.7. The van der Waals surface area contributed by atoms with Crippen LogP contribution in [-0.4, -0.2) is 24.3 Å². The first kappa shape index (κ1) is 8.92. The van der Waals surface area contributed by atoms with E-state index in [4.69, 9.17) is 5.11 Å². The number of hydrogen-bond acceptors (Lipinski definition) is 2. The largest absolute Gasteiger partial charge is 0.395 e. The molecule has 2 nitrogen and oxygen atoms in total. The second-order valence-corrected chi connectivity index (χ2v) is 2.24. The van der Waals surface area contributed by atoms with Crippen LogP contribution in [0.5, 0.6) is 0 Å². The molecule has 1 atom stereocenters. The molecule has 0 fully saturated rings. The molecule has 0 radical (unpaired) electrons. The maximum absolute atomic E-state index is 8.69. The molecule has 0 amide bonds. The molecule has 0 aliphatic carbocycles. The second-order valence-electron chi connectivity index (χ2n) is 2.24. The average Bonchev–Trinajstić information content (AvgIpc) is 1.91. The summed E-state index contributed by atoms with van der Waals surface area (Å²) in [7, 11) is 0. The van der Waals surface area contributed by atoms with E-state index in [1.807, 2.05) is 0 Å². The van der Waals surface area contributed by atoms with E-state index in [1.165, 1.54) is 0 Å². The van der Waals surface area contributed by atoms with E-state index in [9.17, 15) is 0 Å². The second kappa shape index (κ2) is 6.05. The van der Waals surface area contributed by atoms with Gasteiger partial charge in [-0.1, -0.05) is 13.8 Å². The van der Waals surface area contributed by atoms with Crippen molar-refractivity contribution in [2.24, 2.45) is 0 Å². The fourth-order valence-corrected chi connectivity index (χ4v) is 0.686. The lowest BCUT2D eigenvalue weighted by molar-refractivity contribution is 0.239. The van der Waals surface area contributed by atoms with Crippen molar-refractivity contribution in [1.29, 1.82) is 0 Å². The minimum atomic E-state index is 0.260. The summed E-state index contributed by atoms with van der Waals surface area (Å²) in [5, 5.41) is 11.9. The Kier molecular flexibility index (Phi) is 5.99. The van der Waals surface area contributed by atoms with Gasteiger partial charge < -0.3 is 10.4 Å². The molecule has 56 valence electrons. The van der Waals surface area contributed by atoms with Crippen LogP contribution in [0.4, 0.5) is 0 Å². The molecule has 1 unspecified atom stereocenters. The summed E-state index contributed by atoms with van der Waals surface area (Å²) in [4.78, 5) is 0. The van der Waals surface area contributed by atoms with Crippen LogP contribution in [0.15, 0.2) is 0 Å². The summed E-state index contributed by atoms with van der Waals surface area (Å²) in [5.74, 6) is 0. The van der Waals surface area contributed by atoms with Crippen LogP contribution >= 0.6 is 0 Å². The maximum atomic E-state index is 8.69. The summed E-state index contributed by atoms with van der Waals surface area (Å²) in [5.41, 5.74) is 0. The first-order chi connectivity index (χ1) is 4.35. The zero-order valence-corrected chi connectivity index (χ0v) is 6.35. The van der Waals surface area contributed by atoms with E-state index < -0.39 is 0 Å². The van der Waals surface area contributed by atoms with Gasteiger partial charge in [0.2, 0.25) is 0 Å². The van der Waals surface area contributed by atoms with Crippen LogP contribution in [0.1, 0.15) is 26.7 Å². The van der Waals surface area contributed by atoms with Crippen molar-refractivity contribution < 1.29 is 5.11 Å². The van der Waals surface area contributed by atoms with Gasteiger partial charge in [-0.25, -0.2) is 0 Å². The smallest absolute Gasteiger partial charge is 0.0584 e. The van der Waals surface area contributed by atoms with Crippen LogP contribution in [0.2, 0.25) is 0 Å². The predicted octanol–water partition coefficient (Wildman–Crippen LogP) is 0.757. The fourth-order valence-electron chi connectivity index (χ4n) is 0.686. The Morgan fingerprint density at radius 3 is 2.44 bits per heavy atom. The molecule has 0 spiro atoms. The van der Waals surface area contributed by atoms with Gasteiger partial charge >= 0.3 is 0 Å². The van der Waals surface area contributed by atoms with Gasteiger partial charge in [0, 0.05) is 6.04 Å². The van der Waals surface area contributed by atoms with Gasteiger partial charge in [-0.15, -0.1) is 0 Å². The van der Waals surface area contributed by atoms with E-state index in [-0.39, 0.29) is 6.61 Å². The molecule has 0 aromatic rings. The minimum Gasteiger partial charge on any atom is -0.395 e. The fraction of sp³-hybridized carbons (Fsp3) is 1.00. The molecule has 0 aromatic heterocycles. The summed E-state index contributed by atoms with van der Waals surface area (Å²) in [6, 6.07) is 0.310. The van der Waals surface area contributed by atoms with Gasteiger partial charge in [-0.05, 0) is 19.4 Å². The van der Waals surface area contributed by atoms with Gasteiger partial charge in [0.05, 0.1) is 6.61 Å². The molecular formula is C7H17NO. The highest BCUT2D eigenvalue weighted by Gasteiger charge is 1.99. The highest BCUT2D eigenvalue weighted by Crippen LogP contribution is 1.87. The number of rotatable bonds is 5. The predicted molar refractivity (Wildman–Crippen MR) is 39.5 cm³/mol. The molecule has 0 aromatic carbocycles. The topological polar surface area (TPSA) is 32.3 Å². The Labute approximate surface area is 57.3 Å². The van der Waals surface area contributed by atoms with E-state index in [2.05, 4.69) is 19.2 Å². The molecule has 0 aliphatic heterocycles. The zero-order chi connectivity index (χ0) is 7.11. The number of hydrogen-bond donors (Lipinski definition) is 2. The lowest BCUT2D eigenvalue weighted by Crippen LogP contribution is -2.32. The van der Waals surface area contributed by atoms with Crippen molar-refractivity contribution in [2.75, 3.05) is 13.2 Å². The Morgan fingerprint density at radius 2 is 2.11 bits per heavy atom. The third-order valence-corrected chi connectivity index (χ3v) is 1.40. The third kappa shape index (κ3) is 4.43. The molecule has 0 saturated heterocycles. The van der Waals surface area contributed by atoms with E-state index in [0.29, 0.717) is 6.04 Å². The van der Waals surface area contributed by atoms with Crippen molar-refractivity contribution in [3.05, 3.63) is 0 Å². The average molecular weight is 131 g/mol. The SMILES string of the molecule is CCCNC(CC)CO. The van der Waals surface area contributed by atoms with Crippen molar-refractivity contribution in [3.63, 3.8) is 0 Å². The molecule has 0 heterocycles. The Bertz CT molecular complexity index is 52.9. The van der Waals surface area contributed by atoms with Crippen LogP contribution in [-0.2, 0) is 0 Å². The van der Waals surface area contributed by atoms with Crippen molar-refractivity contribution in [3.8, 4) is 0 Å². The quantitative estimate of drug-likeness (QED) is 0.577. The number of nitrogens with one attached hydrogen (secondary N) is 1. The standard InChI is InChI=1S/C7H17NO/c1-3-5-8-7(4-2)6-9/h7-9H,3-6H2,1-2H3. The van der Waals surface area contributed by atoms with Gasteiger partial charge in [-0.2, -0.15) is 0 Å². The first-order valence-corrected chi connectivity index (χ1v) is 3.69.